The van der Waals surface area contributed by atoms with Crippen molar-refractivity contribution >= 4 is 11.9 Å². The fraction of sp³-hybridized carbons (Fsp3) is 0.524. The van der Waals surface area contributed by atoms with Crippen LogP contribution in [0.25, 0.3) is 0 Å². The first-order chi connectivity index (χ1) is 12.7. The smallest absolute Gasteiger partial charge is 0.310 e. The molecule has 140 valence electrons. The average molecular weight is 357 g/mol. The summed E-state index contributed by atoms with van der Waals surface area (Å²) < 4.78 is 10.7. The van der Waals surface area contributed by atoms with Crippen LogP contribution in [0.15, 0.2) is 42.0 Å². The van der Waals surface area contributed by atoms with E-state index in [9.17, 15) is 9.59 Å². The van der Waals surface area contributed by atoms with Crippen LogP contribution in [-0.4, -0.2) is 38.2 Å². The minimum Gasteiger partial charge on any atom is -0.466 e. The Kier molecular flexibility index (Phi) is 6.09. The number of nitrogens with one attached hydrogen (secondary N) is 1. The highest BCUT2D eigenvalue weighted by Crippen LogP contribution is 2.46. The topological polar surface area (TPSA) is 64.6 Å². The van der Waals surface area contributed by atoms with Gasteiger partial charge in [0.1, 0.15) is 0 Å². The summed E-state index contributed by atoms with van der Waals surface area (Å²) in [7, 11) is 0. The monoisotopic (exact) mass is 357 g/mol. The number of fused-ring (bicyclic) bond motifs is 1. The Morgan fingerprint density at radius 3 is 2.35 bits per heavy atom. The molecule has 0 radical (unpaired) electrons. The standard InChI is InChI=1S/C21H27NO4/c1-3-25-20(23)18-16(14-8-6-5-7-9-14)12-15-10-11-22-13-17(15)19(18)21(24)26-4-2/h5-9,12,16-19,22H,3-4,10-11,13H2,1-2H3. The van der Waals surface area contributed by atoms with Crippen LogP contribution in [0.5, 0.6) is 0 Å². The molecule has 2 aliphatic rings. The predicted octanol–water partition coefficient (Wildman–Crippen LogP) is 2.68. The van der Waals surface area contributed by atoms with Crippen LogP contribution in [0.1, 0.15) is 31.7 Å². The van der Waals surface area contributed by atoms with Crippen LogP contribution >= 0.6 is 0 Å². The van der Waals surface area contributed by atoms with Gasteiger partial charge < -0.3 is 14.8 Å². The van der Waals surface area contributed by atoms with Gasteiger partial charge in [0.05, 0.1) is 25.0 Å². The fourth-order valence-corrected chi connectivity index (χ4v) is 4.24. The van der Waals surface area contributed by atoms with Gasteiger partial charge in [-0.3, -0.25) is 9.59 Å². The Bertz CT molecular complexity index is 670. The molecule has 0 aromatic heterocycles. The molecule has 0 bridgehead atoms. The number of hydrogen-bond donors (Lipinski definition) is 1. The molecule has 0 spiro atoms. The van der Waals surface area contributed by atoms with Crippen LogP contribution in [0.3, 0.4) is 0 Å². The van der Waals surface area contributed by atoms with E-state index in [2.05, 4.69) is 11.4 Å². The Hall–Kier alpha value is -2.14. The van der Waals surface area contributed by atoms with Crippen molar-refractivity contribution in [1.82, 2.24) is 5.32 Å². The molecule has 1 aliphatic carbocycles. The number of carbonyl (C=O) groups excluding carboxylic acids is 2. The highest BCUT2D eigenvalue weighted by Gasteiger charge is 2.49. The number of ether oxygens (including phenoxy) is 2. The van der Waals surface area contributed by atoms with E-state index >= 15 is 0 Å². The Balaban J connectivity index is 2.07. The largest absolute Gasteiger partial charge is 0.466 e. The molecule has 1 N–H and O–H groups in total. The minimum absolute atomic E-state index is 0.0165. The SMILES string of the molecule is CCOC(=O)C1C2CNCCC2=CC(c2ccccc2)C1C(=O)OCC. The Labute approximate surface area is 154 Å². The van der Waals surface area contributed by atoms with Crippen molar-refractivity contribution in [1.29, 1.82) is 0 Å². The van der Waals surface area contributed by atoms with Crippen molar-refractivity contribution in [2.75, 3.05) is 26.3 Å². The lowest BCUT2D eigenvalue weighted by Gasteiger charge is -2.42. The molecule has 0 saturated carbocycles. The van der Waals surface area contributed by atoms with Gasteiger partial charge in [-0.1, -0.05) is 42.0 Å². The summed E-state index contributed by atoms with van der Waals surface area (Å²) in [6.07, 6.45) is 3.08. The van der Waals surface area contributed by atoms with Gasteiger partial charge in [0.25, 0.3) is 0 Å². The van der Waals surface area contributed by atoms with Gasteiger partial charge in [-0.2, -0.15) is 0 Å². The lowest BCUT2D eigenvalue weighted by molar-refractivity contribution is -0.163. The number of allylic oxidation sites excluding steroid dienone is 1. The van der Waals surface area contributed by atoms with E-state index in [0.717, 1.165) is 18.5 Å². The summed E-state index contributed by atoms with van der Waals surface area (Å²) in [5, 5.41) is 3.36. The lowest BCUT2D eigenvalue weighted by Crippen LogP contribution is -2.49. The molecule has 3 rings (SSSR count). The van der Waals surface area contributed by atoms with E-state index in [4.69, 9.17) is 9.47 Å². The quantitative estimate of drug-likeness (QED) is 0.648. The molecule has 1 aromatic rings. The Morgan fingerprint density at radius 1 is 1.04 bits per heavy atom. The number of rotatable bonds is 5. The van der Waals surface area contributed by atoms with E-state index in [-0.39, 0.29) is 23.8 Å². The first kappa shape index (κ1) is 18.6. The van der Waals surface area contributed by atoms with Crippen molar-refractivity contribution in [2.45, 2.75) is 26.2 Å². The third-order valence-corrected chi connectivity index (χ3v) is 5.33. The molecule has 5 heteroatoms. The third kappa shape index (κ3) is 3.68. The number of carbonyl (C=O) groups is 2. The normalized spacial score (nSPS) is 27.8. The van der Waals surface area contributed by atoms with Crippen LogP contribution in [0.2, 0.25) is 0 Å². The highest BCUT2D eigenvalue weighted by molar-refractivity contribution is 5.84. The molecular weight excluding hydrogens is 330 g/mol. The summed E-state index contributed by atoms with van der Waals surface area (Å²) >= 11 is 0. The highest BCUT2D eigenvalue weighted by atomic mass is 16.5. The molecule has 1 aliphatic heterocycles. The number of piperidine rings is 1. The van der Waals surface area contributed by atoms with Crippen molar-refractivity contribution in [2.24, 2.45) is 17.8 Å². The van der Waals surface area contributed by atoms with Gasteiger partial charge in [-0.15, -0.1) is 0 Å². The first-order valence-electron chi connectivity index (χ1n) is 9.46. The molecule has 26 heavy (non-hydrogen) atoms. The Morgan fingerprint density at radius 2 is 1.69 bits per heavy atom. The van der Waals surface area contributed by atoms with E-state index < -0.39 is 11.8 Å². The van der Waals surface area contributed by atoms with Gasteiger partial charge in [0, 0.05) is 18.4 Å². The summed E-state index contributed by atoms with van der Waals surface area (Å²) in [4.78, 5) is 25.8. The van der Waals surface area contributed by atoms with E-state index in [1.54, 1.807) is 13.8 Å². The maximum atomic E-state index is 12.9. The van der Waals surface area contributed by atoms with Gasteiger partial charge >= 0.3 is 11.9 Å². The third-order valence-electron chi connectivity index (χ3n) is 5.33. The van der Waals surface area contributed by atoms with Gasteiger partial charge in [-0.05, 0) is 32.4 Å². The zero-order valence-corrected chi connectivity index (χ0v) is 15.4. The summed E-state index contributed by atoms with van der Waals surface area (Å²) in [5.41, 5.74) is 2.28. The summed E-state index contributed by atoms with van der Waals surface area (Å²) in [6, 6.07) is 9.90. The molecule has 1 fully saturated rings. The van der Waals surface area contributed by atoms with Crippen LogP contribution < -0.4 is 5.32 Å². The van der Waals surface area contributed by atoms with Crippen LogP contribution in [0.4, 0.5) is 0 Å². The van der Waals surface area contributed by atoms with E-state index in [1.165, 1.54) is 5.57 Å². The summed E-state index contributed by atoms with van der Waals surface area (Å²) in [5.74, 6) is -1.89. The molecule has 1 saturated heterocycles. The minimum atomic E-state index is -0.565. The van der Waals surface area contributed by atoms with Crippen molar-refractivity contribution in [3.63, 3.8) is 0 Å². The first-order valence-corrected chi connectivity index (χ1v) is 9.46. The molecule has 1 heterocycles. The zero-order valence-electron chi connectivity index (χ0n) is 15.4. The average Bonchev–Trinajstić information content (AvgIpc) is 2.67. The van der Waals surface area contributed by atoms with Crippen LogP contribution in [0, 0.1) is 17.8 Å². The molecule has 1 aromatic carbocycles. The van der Waals surface area contributed by atoms with E-state index in [1.807, 2.05) is 30.3 Å². The molecule has 4 unspecified atom stereocenters. The molecule has 4 atom stereocenters. The predicted molar refractivity (Wildman–Crippen MR) is 98.5 cm³/mol. The maximum Gasteiger partial charge on any atom is 0.310 e. The zero-order chi connectivity index (χ0) is 18.5. The number of esters is 2. The lowest BCUT2D eigenvalue weighted by atomic mass is 9.64. The molecule has 0 amide bonds. The van der Waals surface area contributed by atoms with Gasteiger partial charge in [-0.25, -0.2) is 0 Å². The second-order valence-electron chi connectivity index (χ2n) is 6.79. The second-order valence-corrected chi connectivity index (χ2v) is 6.79. The summed E-state index contributed by atoms with van der Waals surface area (Å²) in [6.45, 7) is 5.77. The van der Waals surface area contributed by atoms with Crippen molar-refractivity contribution < 1.29 is 19.1 Å². The van der Waals surface area contributed by atoms with Crippen molar-refractivity contribution in [3.8, 4) is 0 Å². The fourth-order valence-electron chi connectivity index (χ4n) is 4.24. The van der Waals surface area contributed by atoms with Gasteiger partial charge in [0.15, 0.2) is 0 Å². The number of hydrogen-bond acceptors (Lipinski definition) is 5. The number of benzene rings is 1. The van der Waals surface area contributed by atoms with E-state index in [0.29, 0.717) is 19.8 Å². The molecular formula is C21H27NO4. The van der Waals surface area contributed by atoms with Gasteiger partial charge in [0.2, 0.25) is 0 Å². The molecule has 5 nitrogen and oxygen atoms in total. The van der Waals surface area contributed by atoms with Crippen molar-refractivity contribution in [3.05, 3.63) is 47.5 Å². The maximum absolute atomic E-state index is 12.9. The van der Waals surface area contributed by atoms with Crippen LogP contribution in [-0.2, 0) is 19.1 Å². The second kappa shape index (κ2) is 8.49.